The number of nitrogens with zero attached hydrogens (tertiary/aromatic N) is 1. The first-order valence-electron chi connectivity index (χ1n) is 5.73. The van der Waals surface area contributed by atoms with Crippen molar-refractivity contribution in [2.45, 2.75) is 26.2 Å². The monoisotopic (exact) mass is 286 g/mol. The zero-order valence-corrected chi connectivity index (χ0v) is 11.1. The number of halogens is 3. The van der Waals surface area contributed by atoms with E-state index in [0.717, 1.165) is 16.6 Å². The Hall–Kier alpha value is -1.40. The average Bonchev–Trinajstić information content (AvgIpc) is 2.75. The van der Waals surface area contributed by atoms with Crippen molar-refractivity contribution in [3.05, 3.63) is 51.5 Å². The molecule has 1 heterocycles. The van der Waals surface area contributed by atoms with Gasteiger partial charge in [0.25, 0.3) is 0 Å². The zero-order chi connectivity index (χ0) is 13.9. The number of rotatable bonds is 4. The lowest BCUT2D eigenvalue weighted by atomic mass is 10.1. The van der Waals surface area contributed by atoms with Gasteiger partial charge in [0.15, 0.2) is 0 Å². The van der Waals surface area contributed by atoms with Crippen LogP contribution in [0.15, 0.2) is 29.8 Å². The van der Waals surface area contributed by atoms with Crippen LogP contribution in [0.4, 0.5) is 13.2 Å². The molecule has 2 rings (SSSR count). The highest BCUT2D eigenvalue weighted by Crippen LogP contribution is 2.31. The molecule has 19 heavy (non-hydrogen) atoms. The lowest BCUT2D eigenvalue weighted by Crippen LogP contribution is -2.17. The van der Waals surface area contributed by atoms with E-state index in [2.05, 4.69) is 10.3 Å². The largest absolute Gasteiger partial charge is 0.416 e. The fourth-order valence-electron chi connectivity index (χ4n) is 1.76. The van der Waals surface area contributed by atoms with Crippen LogP contribution in [-0.4, -0.2) is 4.98 Å². The maximum atomic E-state index is 12.8. The minimum absolute atomic E-state index is 0.188. The molecule has 0 spiro atoms. The minimum atomic E-state index is -4.31. The van der Waals surface area contributed by atoms with Crippen LogP contribution in [0, 0.1) is 6.92 Å². The van der Waals surface area contributed by atoms with Crippen LogP contribution in [0.1, 0.15) is 21.7 Å². The lowest BCUT2D eigenvalue weighted by molar-refractivity contribution is -0.138. The van der Waals surface area contributed by atoms with Gasteiger partial charge in [-0.15, -0.1) is 11.3 Å². The van der Waals surface area contributed by atoms with Crippen LogP contribution < -0.4 is 5.32 Å². The summed E-state index contributed by atoms with van der Waals surface area (Å²) in [5.41, 5.74) is 2.33. The molecule has 1 N–H and O–H groups in total. The number of benzene rings is 1. The summed E-state index contributed by atoms with van der Waals surface area (Å²) in [6.07, 6.45) is -4.31. The van der Waals surface area contributed by atoms with Crippen molar-refractivity contribution in [3.8, 4) is 0 Å². The van der Waals surface area contributed by atoms with E-state index < -0.39 is 11.7 Å². The molecule has 1 aromatic heterocycles. The lowest BCUT2D eigenvalue weighted by Gasteiger charge is -2.13. The highest BCUT2D eigenvalue weighted by Gasteiger charge is 2.32. The molecule has 102 valence electrons. The number of thiazole rings is 1. The molecule has 0 aliphatic heterocycles. The molecule has 2 aromatic rings. The number of nitrogens with one attached hydrogen (secondary N) is 1. The second kappa shape index (κ2) is 5.71. The van der Waals surface area contributed by atoms with Gasteiger partial charge in [0.2, 0.25) is 0 Å². The molecule has 0 radical (unpaired) electrons. The maximum absolute atomic E-state index is 12.8. The predicted octanol–water partition coefficient (Wildman–Crippen LogP) is 3.76. The molecule has 0 aliphatic carbocycles. The molecule has 0 saturated carbocycles. The van der Waals surface area contributed by atoms with E-state index >= 15 is 0 Å². The molecule has 0 atom stereocenters. The summed E-state index contributed by atoms with van der Waals surface area (Å²) < 4.78 is 38.3. The van der Waals surface area contributed by atoms with Crippen molar-refractivity contribution in [2.75, 3.05) is 0 Å². The van der Waals surface area contributed by atoms with Gasteiger partial charge in [0, 0.05) is 18.0 Å². The maximum Gasteiger partial charge on any atom is 0.416 e. The van der Waals surface area contributed by atoms with Crippen molar-refractivity contribution in [1.29, 1.82) is 0 Å². The highest BCUT2D eigenvalue weighted by molar-refractivity contribution is 7.09. The number of aromatic nitrogens is 1. The van der Waals surface area contributed by atoms with Crippen molar-refractivity contribution in [3.63, 3.8) is 0 Å². The van der Waals surface area contributed by atoms with E-state index in [1.807, 2.05) is 6.92 Å². The summed E-state index contributed by atoms with van der Waals surface area (Å²) in [5, 5.41) is 3.03. The SMILES string of the molecule is Cc1ncsc1CNCc1ccccc1C(F)(F)F. The van der Waals surface area contributed by atoms with Gasteiger partial charge in [-0.25, -0.2) is 4.98 Å². The first-order valence-corrected chi connectivity index (χ1v) is 6.61. The second-order valence-electron chi connectivity index (χ2n) is 4.12. The van der Waals surface area contributed by atoms with Gasteiger partial charge in [-0.05, 0) is 18.6 Å². The van der Waals surface area contributed by atoms with Crippen LogP contribution in [0.25, 0.3) is 0 Å². The third-order valence-electron chi connectivity index (χ3n) is 2.77. The Morgan fingerprint density at radius 3 is 2.58 bits per heavy atom. The van der Waals surface area contributed by atoms with Crippen LogP contribution >= 0.6 is 11.3 Å². The molecule has 6 heteroatoms. The fourth-order valence-corrected chi connectivity index (χ4v) is 2.50. The fraction of sp³-hybridized carbons (Fsp3) is 0.308. The summed E-state index contributed by atoms with van der Waals surface area (Å²) in [5.74, 6) is 0. The summed E-state index contributed by atoms with van der Waals surface area (Å²) in [7, 11) is 0. The molecule has 2 nitrogen and oxygen atoms in total. The smallest absolute Gasteiger partial charge is 0.308 e. The van der Waals surface area contributed by atoms with Crippen molar-refractivity contribution >= 4 is 11.3 Å². The minimum Gasteiger partial charge on any atom is -0.308 e. The zero-order valence-electron chi connectivity index (χ0n) is 10.3. The summed E-state index contributed by atoms with van der Waals surface area (Å²) >= 11 is 1.50. The molecule has 1 aromatic carbocycles. The van der Waals surface area contributed by atoms with Gasteiger partial charge in [-0.2, -0.15) is 13.2 Å². The third kappa shape index (κ3) is 3.54. The summed E-state index contributed by atoms with van der Waals surface area (Å²) in [6, 6.07) is 5.62. The Balaban J connectivity index is 2.02. The Morgan fingerprint density at radius 1 is 1.21 bits per heavy atom. The second-order valence-corrected chi connectivity index (χ2v) is 5.06. The molecule has 0 fully saturated rings. The first kappa shape index (κ1) is 14.0. The number of hydrogen-bond donors (Lipinski definition) is 1. The summed E-state index contributed by atoms with van der Waals surface area (Å²) in [4.78, 5) is 5.14. The van der Waals surface area contributed by atoms with E-state index in [-0.39, 0.29) is 12.1 Å². The Kier molecular flexibility index (Phi) is 4.21. The van der Waals surface area contributed by atoms with E-state index in [1.54, 1.807) is 11.6 Å². The Labute approximate surface area is 113 Å². The van der Waals surface area contributed by atoms with Crippen molar-refractivity contribution < 1.29 is 13.2 Å². The molecular weight excluding hydrogens is 273 g/mol. The van der Waals surface area contributed by atoms with Crippen molar-refractivity contribution in [2.24, 2.45) is 0 Å². The average molecular weight is 286 g/mol. The van der Waals surface area contributed by atoms with E-state index in [9.17, 15) is 13.2 Å². The highest BCUT2D eigenvalue weighted by atomic mass is 32.1. The molecule has 0 saturated heterocycles. The normalized spacial score (nSPS) is 11.8. The Morgan fingerprint density at radius 2 is 1.95 bits per heavy atom. The van der Waals surface area contributed by atoms with Crippen LogP contribution in [-0.2, 0) is 19.3 Å². The first-order chi connectivity index (χ1) is 8.98. The molecule has 0 bridgehead atoms. The van der Waals surface area contributed by atoms with Gasteiger partial charge in [-0.3, -0.25) is 0 Å². The molecular formula is C13H13F3N2S. The van der Waals surface area contributed by atoms with E-state index in [4.69, 9.17) is 0 Å². The number of alkyl halides is 3. The summed E-state index contributed by atoms with van der Waals surface area (Å²) in [6.45, 7) is 2.60. The Bertz CT molecular complexity index is 549. The van der Waals surface area contributed by atoms with E-state index in [0.29, 0.717) is 6.54 Å². The van der Waals surface area contributed by atoms with Crippen LogP contribution in [0.2, 0.25) is 0 Å². The van der Waals surface area contributed by atoms with Crippen LogP contribution in [0.5, 0.6) is 0 Å². The number of hydrogen-bond acceptors (Lipinski definition) is 3. The van der Waals surface area contributed by atoms with Crippen LogP contribution in [0.3, 0.4) is 0 Å². The predicted molar refractivity (Wildman–Crippen MR) is 68.8 cm³/mol. The van der Waals surface area contributed by atoms with E-state index in [1.165, 1.54) is 23.5 Å². The van der Waals surface area contributed by atoms with Gasteiger partial charge in [0.1, 0.15) is 0 Å². The molecule has 0 aliphatic rings. The molecule has 0 unspecified atom stereocenters. The third-order valence-corrected chi connectivity index (χ3v) is 3.70. The number of aryl methyl sites for hydroxylation is 1. The van der Waals surface area contributed by atoms with Gasteiger partial charge in [0.05, 0.1) is 16.8 Å². The topological polar surface area (TPSA) is 24.9 Å². The van der Waals surface area contributed by atoms with Gasteiger partial charge >= 0.3 is 6.18 Å². The molecule has 0 amide bonds. The van der Waals surface area contributed by atoms with Crippen molar-refractivity contribution in [1.82, 2.24) is 10.3 Å². The van der Waals surface area contributed by atoms with Gasteiger partial charge in [-0.1, -0.05) is 18.2 Å². The van der Waals surface area contributed by atoms with Gasteiger partial charge < -0.3 is 5.32 Å². The quantitative estimate of drug-likeness (QED) is 0.925. The standard InChI is InChI=1S/C13H13F3N2S/c1-9-12(19-8-18-9)7-17-6-10-4-2-3-5-11(10)13(14,15)16/h2-5,8,17H,6-7H2,1H3.